The lowest BCUT2D eigenvalue weighted by molar-refractivity contribution is 0.190. The number of nitrogen functional groups attached to an aromatic ring is 1. The molecule has 2 rings (SSSR count). The molecular formula is C16H23N3O2. The van der Waals surface area contributed by atoms with Crippen LogP contribution in [0.1, 0.15) is 5.69 Å². The van der Waals surface area contributed by atoms with E-state index in [-0.39, 0.29) is 0 Å². The third-order valence-electron chi connectivity index (χ3n) is 3.41. The van der Waals surface area contributed by atoms with Gasteiger partial charge in [0.15, 0.2) is 0 Å². The Balaban J connectivity index is 2.46. The molecule has 0 fully saturated rings. The topological polar surface area (TPSA) is 60.6 Å². The van der Waals surface area contributed by atoms with E-state index in [2.05, 4.69) is 16.0 Å². The van der Waals surface area contributed by atoms with Gasteiger partial charge in [-0.25, -0.2) is 0 Å². The highest BCUT2D eigenvalue weighted by molar-refractivity contribution is 5.94. The summed E-state index contributed by atoms with van der Waals surface area (Å²) < 4.78 is 10.4. The van der Waals surface area contributed by atoms with Crippen LogP contribution in [0.2, 0.25) is 0 Å². The zero-order valence-corrected chi connectivity index (χ0v) is 12.9. The normalized spacial score (nSPS) is 11.0. The zero-order chi connectivity index (χ0) is 15.2. The van der Waals surface area contributed by atoms with Crippen LogP contribution in [0.4, 0.5) is 11.4 Å². The lowest BCUT2D eigenvalue weighted by atomic mass is 10.1. The van der Waals surface area contributed by atoms with Crippen molar-refractivity contribution < 1.29 is 9.47 Å². The Bertz CT molecular complexity index is 593. The summed E-state index contributed by atoms with van der Waals surface area (Å²) >= 11 is 0. The van der Waals surface area contributed by atoms with Crippen LogP contribution in [-0.2, 0) is 9.47 Å². The molecule has 2 N–H and O–H groups in total. The SMILES string of the molecule is COCCN(CCOC)c1cc(C)nc2ccc(N)cc12. The molecule has 0 unspecified atom stereocenters. The molecule has 0 aliphatic rings. The first-order chi connectivity index (χ1) is 10.2. The van der Waals surface area contributed by atoms with E-state index in [1.807, 2.05) is 25.1 Å². The maximum absolute atomic E-state index is 5.94. The summed E-state index contributed by atoms with van der Waals surface area (Å²) in [4.78, 5) is 6.83. The number of pyridine rings is 1. The van der Waals surface area contributed by atoms with E-state index in [1.54, 1.807) is 14.2 Å². The third-order valence-corrected chi connectivity index (χ3v) is 3.41. The summed E-state index contributed by atoms with van der Waals surface area (Å²) in [5.41, 5.74) is 9.75. The molecule has 0 aliphatic carbocycles. The van der Waals surface area contributed by atoms with Gasteiger partial charge in [-0.15, -0.1) is 0 Å². The van der Waals surface area contributed by atoms with Crippen molar-refractivity contribution >= 4 is 22.3 Å². The van der Waals surface area contributed by atoms with Crippen molar-refractivity contribution in [2.45, 2.75) is 6.92 Å². The molecule has 0 amide bonds. The van der Waals surface area contributed by atoms with Crippen LogP contribution in [0.5, 0.6) is 0 Å². The Hall–Kier alpha value is -1.85. The molecule has 1 aromatic carbocycles. The number of anilines is 2. The van der Waals surface area contributed by atoms with E-state index in [0.29, 0.717) is 13.2 Å². The average molecular weight is 289 g/mol. The number of ether oxygens (including phenoxy) is 2. The van der Waals surface area contributed by atoms with Crippen LogP contribution in [0, 0.1) is 6.92 Å². The van der Waals surface area contributed by atoms with Crippen LogP contribution in [0.3, 0.4) is 0 Å². The lowest BCUT2D eigenvalue weighted by Crippen LogP contribution is -2.31. The fourth-order valence-corrected chi connectivity index (χ4v) is 2.37. The molecule has 5 heteroatoms. The van der Waals surface area contributed by atoms with E-state index in [9.17, 15) is 0 Å². The smallest absolute Gasteiger partial charge is 0.0727 e. The fourth-order valence-electron chi connectivity index (χ4n) is 2.37. The van der Waals surface area contributed by atoms with E-state index in [4.69, 9.17) is 15.2 Å². The minimum Gasteiger partial charge on any atom is -0.399 e. The summed E-state index contributed by atoms with van der Waals surface area (Å²) in [6.45, 7) is 4.92. The zero-order valence-electron chi connectivity index (χ0n) is 12.9. The van der Waals surface area contributed by atoms with Gasteiger partial charge < -0.3 is 20.1 Å². The number of aromatic nitrogens is 1. The van der Waals surface area contributed by atoms with Crippen molar-refractivity contribution in [2.75, 3.05) is 51.2 Å². The molecule has 0 saturated heterocycles. The van der Waals surface area contributed by atoms with E-state index in [0.717, 1.165) is 41.1 Å². The van der Waals surface area contributed by atoms with Crippen molar-refractivity contribution in [1.82, 2.24) is 4.98 Å². The number of aryl methyl sites for hydroxylation is 1. The summed E-state index contributed by atoms with van der Waals surface area (Å²) in [6, 6.07) is 7.91. The number of nitrogens with two attached hydrogens (primary N) is 1. The van der Waals surface area contributed by atoms with E-state index < -0.39 is 0 Å². The molecule has 1 aromatic heterocycles. The highest BCUT2D eigenvalue weighted by atomic mass is 16.5. The van der Waals surface area contributed by atoms with Crippen molar-refractivity contribution in [3.05, 3.63) is 30.0 Å². The second kappa shape index (κ2) is 7.24. The lowest BCUT2D eigenvalue weighted by Gasteiger charge is -2.26. The third kappa shape index (κ3) is 3.83. The maximum atomic E-state index is 5.94. The summed E-state index contributed by atoms with van der Waals surface area (Å²) in [5.74, 6) is 0. The molecular weight excluding hydrogens is 266 g/mol. The van der Waals surface area contributed by atoms with Gasteiger partial charge in [0.1, 0.15) is 0 Å². The second-order valence-corrected chi connectivity index (χ2v) is 5.03. The summed E-state index contributed by atoms with van der Waals surface area (Å²) in [6.07, 6.45) is 0. The highest BCUT2D eigenvalue weighted by Crippen LogP contribution is 2.28. The largest absolute Gasteiger partial charge is 0.399 e. The molecule has 1 heterocycles. The molecule has 0 bridgehead atoms. The quantitative estimate of drug-likeness (QED) is 0.792. The van der Waals surface area contributed by atoms with Gasteiger partial charge in [0.25, 0.3) is 0 Å². The minimum atomic E-state index is 0.662. The molecule has 0 atom stereocenters. The highest BCUT2D eigenvalue weighted by Gasteiger charge is 2.12. The molecule has 114 valence electrons. The fraction of sp³-hybridized carbons (Fsp3) is 0.438. The van der Waals surface area contributed by atoms with Gasteiger partial charge in [-0.05, 0) is 31.2 Å². The van der Waals surface area contributed by atoms with Gasteiger partial charge in [0.2, 0.25) is 0 Å². The van der Waals surface area contributed by atoms with Crippen LogP contribution < -0.4 is 10.6 Å². The van der Waals surface area contributed by atoms with E-state index >= 15 is 0 Å². The maximum Gasteiger partial charge on any atom is 0.0727 e. The number of methoxy groups -OCH3 is 2. The Morgan fingerprint density at radius 1 is 1.10 bits per heavy atom. The van der Waals surface area contributed by atoms with Crippen LogP contribution in [0.15, 0.2) is 24.3 Å². The van der Waals surface area contributed by atoms with Crippen molar-refractivity contribution in [3.63, 3.8) is 0 Å². The van der Waals surface area contributed by atoms with Gasteiger partial charge in [0.05, 0.1) is 18.7 Å². The average Bonchev–Trinajstić information content (AvgIpc) is 2.47. The predicted molar refractivity (Wildman–Crippen MR) is 86.9 cm³/mol. The van der Waals surface area contributed by atoms with Crippen LogP contribution in [-0.4, -0.2) is 45.5 Å². The van der Waals surface area contributed by atoms with Crippen molar-refractivity contribution in [3.8, 4) is 0 Å². The Labute approximate surface area is 125 Å². The number of benzene rings is 1. The molecule has 0 radical (unpaired) electrons. The number of fused-ring (bicyclic) bond motifs is 1. The summed E-state index contributed by atoms with van der Waals surface area (Å²) in [7, 11) is 3.42. The first-order valence-electron chi connectivity index (χ1n) is 7.05. The van der Waals surface area contributed by atoms with Gasteiger partial charge in [-0.2, -0.15) is 0 Å². The first kappa shape index (κ1) is 15.5. The second-order valence-electron chi connectivity index (χ2n) is 5.03. The van der Waals surface area contributed by atoms with Crippen LogP contribution >= 0.6 is 0 Å². The molecule has 5 nitrogen and oxygen atoms in total. The van der Waals surface area contributed by atoms with Crippen LogP contribution in [0.25, 0.3) is 10.9 Å². The van der Waals surface area contributed by atoms with Gasteiger partial charge in [-0.1, -0.05) is 0 Å². The monoisotopic (exact) mass is 289 g/mol. The Kier molecular flexibility index (Phi) is 5.36. The summed E-state index contributed by atoms with van der Waals surface area (Å²) in [5, 5.41) is 1.06. The van der Waals surface area contributed by atoms with E-state index in [1.165, 1.54) is 0 Å². The molecule has 2 aromatic rings. The van der Waals surface area contributed by atoms with Gasteiger partial charge in [-0.3, -0.25) is 4.98 Å². The molecule has 21 heavy (non-hydrogen) atoms. The molecule has 0 saturated carbocycles. The van der Waals surface area contributed by atoms with Crippen molar-refractivity contribution in [2.24, 2.45) is 0 Å². The standard InChI is InChI=1S/C16H23N3O2/c1-12-10-16(19(6-8-20-2)7-9-21-3)14-11-13(17)4-5-15(14)18-12/h4-5,10-11H,6-9,17H2,1-3H3. The number of hydrogen-bond donors (Lipinski definition) is 1. The van der Waals surface area contributed by atoms with Gasteiger partial charge >= 0.3 is 0 Å². The Morgan fingerprint density at radius 3 is 2.38 bits per heavy atom. The minimum absolute atomic E-state index is 0.662. The predicted octanol–water partition coefficient (Wildman–Crippen LogP) is 2.22. The van der Waals surface area contributed by atoms with Gasteiger partial charge in [0, 0.05) is 49.8 Å². The number of rotatable bonds is 7. The van der Waals surface area contributed by atoms with Crippen molar-refractivity contribution in [1.29, 1.82) is 0 Å². The molecule has 0 aliphatic heterocycles. The number of nitrogens with zero attached hydrogens (tertiary/aromatic N) is 2. The Morgan fingerprint density at radius 2 is 1.76 bits per heavy atom. The first-order valence-corrected chi connectivity index (χ1v) is 7.05. The molecule has 0 spiro atoms. The number of hydrogen-bond acceptors (Lipinski definition) is 5.